The molecule has 0 bridgehead atoms. The highest BCUT2D eigenvalue weighted by molar-refractivity contribution is 7.91. The number of nitrogens with zero attached hydrogens (tertiary/aromatic N) is 2. The van der Waals surface area contributed by atoms with Crippen LogP contribution in [-0.2, 0) is 33.9 Å². The van der Waals surface area contributed by atoms with Gasteiger partial charge in [0.15, 0.2) is 0 Å². The number of methoxy groups -OCH3 is 1. The van der Waals surface area contributed by atoms with Crippen molar-refractivity contribution in [3.8, 4) is 5.88 Å². The SMILES string of the molecule is C=C[C@H]1C[C@@]1(NC(=O)[C@H]1C[C@@H](Oc2nccc3ccccc23)CN1C(=O)[C@@H](NC(=O)COC)C(C)(C)C)C(=O)NS(=O)(=O)C1CC1. The second kappa shape index (κ2) is 12.6. The zero-order chi connectivity index (χ0) is 33.4. The van der Waals surface area contributed by atoms with E-state index in [1.807, 2.05) is 30.3 Å². The molecule has 3 fully saturated rings. The third-order valence-electron chi connectivity index (χ3n) is 8.71. The maximum atomic E-state index is 14.2. The number of carbonyl (C=O) groups excluding carboxylic acids is 4. The van der Waals surface area contributed by atoms with Gasteiger partial charge in [0, 0.05) is 31.0 Å². The average Bonchev–Trinajstić information content (AvgIpc) is 3.92. The van der Waals surface area contributed by atoms with Crippen LogP contribution in [0.25, 0.3) is 10.8 Å². The molecule has 14 heteroatoms. The second-order valence-corrected chi connectivity index (χ2v) is 15.3. The maximum Gasteiger partial charge on any atom is 0.259 e. The number of hydrogen-bond donors (Lipinski definition) is 3. The number of hydrogen-bond acceptors (Lipinski definition) is 9. The first-order valence-electron chi connectivity index (χ1n) is 15.3. The Balaban J connectivity index is 1.43. The number of sulfonamides is 1. The van der Waals surface area contributed by atoms with E-state index in [-0.39, 0.29) is 26.0 Å². The van der Waals surface area contributed by atoms with Gasteiger partial charge in [0.2, 0.25) is 33.6 Å². The van der Waals surface area contributed by atoms with Crippen molar-refractivity contribution in [1.29, 1.82) is 0 Å². The topological polar surface area (TPSA) is 173 Å². The fourth-order valence-corrected chi connectivity index (χ4v) is 7.25. The van der Waals surface area contributed by atoms with Crippen molar-refractivity contribution in [2.45, 2.75) is 75.4 Å². The van der Waals surface area contributed by atoms with Crippen LogP contribution in [0, 0.1) is 11.3 Å². The molecule has 0 radical (unpaired) electrons. The molecule has 1 aliphatic heterocycles. The van der Waals surface area contributed by atoms with E-state index in [4.69, 9.17) is 9.47 Å². The number of likely N-dealkylation sites (tertiary alicyclic amines) is 1. The van der Waals surface area contributed by atoms with Crippen molar-refractivity contribution >= 4 is 44.4 Å². The van der Waals surface area contributed by atoms with E-state index < -0.39 is 74.0 Å². The number of nitrogens with one attached hydrogen (secondary N) is 3. The lowest BCUT2D eigenvalue weighted by molar-refractivity contribution is -0.145. The van der Waals surface area contributed by atoms with Crippen LogP contribution in [0.1, 0.15) is 46.5 Å². The summed E-state index contributed by atoms with van der Waals surface area (Å²) < 4.78 is 38.5. The monoisotopic (exact) mass is 655 g/mol. The Hall–Kier alpha value is -4.04. The van der Waals surface area contributed by atoms with Crippen molar-refractivity contribution in [1.82, 2.24) is 25.2 Å². The molecule has 1 saturated heterocycles. The largest absolute Gasteiger partial charge is 0.472 e. The lowest BCUT2D eigenvalue weighted by Crippen LogP contribution is -2.60. The van der Waals surface area contributed by atoms with E-state index in [2.05, 4.69) is 26.9 Å². The molecule has 3 N–H and O–H groups in total. The Morgan fingerprint density at radius 2 is 1.89 bits per heavy atom. The van der Waals surface area contributed by atoms with Crippen LogP contribution >= 0.6 is 0 Å². The average molecular weight is 656 g/mol. The molecule has 0 spiro atoms. The number of carbonyl (C=O) groups is 4. The minimum atomic E-state index is -3.87. The number of ether oxygens (including phenoxy) is 2. The van der Waals surface area contributed by atoms with E-state index in [1.54, 1.807) is 27.0 Å². The van der Waals surface area contributed by atoms with Gasteiger partial charge in [0.25, 0.3) is 5.91 Å². The molecule has 1 aromatic carbocycles. The van der Waals surface area contributed by atoms with Gasteiger partial charge in [-0.2, -0.15) is 0 Å². The first-order valence-corrected chi connectivity index (χ1v) is 16.8. The van der Waals surface area contributed by atoms with Gasteiger partial charge in [-0.05, 0) is 42.2 Å². The van der Waals surface area contributed by atoms with E-state index >= 15 is 0 Å². The summed E-state index contributed by atoms with van der Waals surface area (Å²) in [6.45, 7) is 8.86. The molecule has 2 aromatic rings. The summed E-state index contributed by atoms with van der Waals surface area (Å²) in [5.74, 6) is -2.65. The Bertz CT molecular complexity index is 1650. The molecule has 0 unspecified atom stereocenters. The summed E-state index contributed by atoms with van der Waals surface area (Å²) in [6, 6.07) is 7.24. The molecular formula is C32H41N5O8S. The highest BCUT2D eigenvalue weighted by atomic mass is 32.2. The third-order valence-corrected chi connectivity index (χ3v) is 10.5. The second-order valence-electron chi connectivity index (χ2n) is 13.3. The fourth-order valence-electron chi connectivity index (χ4n) is 5.89. The first-order chi connectivity index (χ1) is 21.7. The lowest BCUT2D eigenvalue weighted by Gasteiger charge is -2.35. The summed E-state index contributed by atoms with van der Waals surface area (Å²) >= 11 is 0. The molecule has 5 rings (SSSR count). The molecule has 13 nitrogen and oxygen atoms in total. The van der Waals surface area contributed by atoms with Crippen LogP contribution in [0.5, 0.6) is 5.88 Å². The molecule has 46 heavy (non-hydrogen) atoms. The summed E-state index contributed by atoms with van der Waals surface area (Å²) in [5, 5.41) is 6.54. The van der Waals surface area contributed by atoms with E-state index in [9.17, 15) is 27.6 Å². The van der Waals surface area contributed by atoms with Gasteiger partial charge >= 0.3 is 0 Å². The maximum absolute atomic E-state index is 14.2. The van der Waals surface area contributed by atoms with Crippen LogP contribution in [0.15, 0.2) is 49.2 Å². The predicted octanol–water partition coefficient (Wildman–Crippen LogP) is 1.43. The van der Waals surface area contributed by atoms with Gasteiger partial charge < -0.3 is 25.0 Å². The molecule has 5 atom stereocenters. The molecular weight excluding hydrogens is 614 g/mol. The minimum Gasteiger partial charge on any atom is -0.472 e. The van der Waals surface area contributed by atoms with Crippen molar-refractivity contribution < 1.29 is 37.1 Å². The molecule has 248 valence electrons. The number of benzene rings is 1. The van der Waals surface area contributed by atoms with Crippen molar-refractivity contribution in [3.63, 3.8) is 0 Å². The summed E-state index contributed by atoms with van der Waals surface area (Å²) in [4.78, 5) is 59.9. The molecule has 2 saturated carbocycles. The highest BCUT2D eigenvalue weighted by Crippen LogP contribution is 2.45. The zero-order valence-electron chi connectivity index (χ0n) is 26.4. The number of aromatic nitrogens is 1. The van der Waals surface area contributed by atoms with Gasteiger partial charge in [0.05, 0.1) is 11.8 Å². The van der Waals surface area contributed by atoms with Gasteiger partial charge in [0.1, 0.15) is 30.3 Å². The standard InChI is InChI=1S/C32H41N5O8S/c1-6-20-16-32(20,30(41)36-46(42,43)22-11-12-22)35-27(39)24-15-21(45-28-23-10-8-7-9-19(23)13-14-33-28)17-37(24)29(40)26(31(2,3)4)34-25(38)18-44-5/h6-10,13-14,20-22,24,26H,1,11-12,15-18H2,2-5H3,(H,34,38)(H,35,39)(H,36,41)/t20-,21+,24+,26+,32-/m0/s1. The molecule has 3 aliphatic rings. The zero-order valence-corrected chi connectivity index (χ0v) is 27.3. The van der Waals surface area contributed by atoms with E-state index in [1.165, 1.54) is 18.1 Å². The Labute approximate surface area is 268 Å². The predicted molar refractivity (Wildman–Crippen MR) is 169 cm³/mol. The van der Waals surface area contributed by atoms with Crippen LogP contribution in [0.4, 0.5) is 0 Å². The van der Waals surface area contributed by atoms with Gasteiger partial charge in [-0.15, -0.1) is 6.58 Å². The summed E-state index contributed by atoms with van der Waals surface area (Å²) in [7, 11) is -2.50. The van der Waals surface area contributed by atoms with Crippen LogP contribution in [-0.4, -0.2) is 91.2 Å². The normalized spacial score (nSPS) is 25.0. The smallest absolute Gasteiger partial charge is 0.259 e. The van der Waals surface area contributed by atoms with E-state index in [0.717, 1.165) is 10.8 Å². The molecule has 1 aromatic heterocycles. The van der Waals surface area contributed by atoms with Crippen LogP contribution in [0.3, 0.4) is 0 Å². The minimum absolute atomic E-state index is 0.00527. The Morgan fingerprint density at radius 1 is 1.17 bits per heavy atom. The van der Waals surface area contributed by atoms with Gasteiger partial charge in [-0.3, -0.25) is 23.9 Å². The highest BCUT2D eigenvalue weighted by Gasteiger charge is 2.62. The third kappa shape index (κ3) is 6.87. The van der Waals surface area contributed by atoms with Crippen molar-refractivity contribution in [2.24, 2.45) is 11.3 Å². The van der Waals surface area contributed by atoms with Gasteiger partial charge in [-0.1, -0.05) is 45.0 Å². The van der Waals surface area contributed by atoms with E-state index in [0.29, 0.717) is 18.7 Å². The Morgan fingerprint density at radius 3 is 2.52 bits per heavy atom. The van der Waals surface area contributed by atoms with Crippen molar-refractivity contribution in [2.75, 3.05) is 20.3 Å². The first kappa shape index (κ1) is 33.3. The van der Waals surface area contributed by atoms with Crippen LogP contribution in [0.2, 0.25) is 0 Å². The van der Waals surface area contributed by atoms with Crippen molar-refractivity contribution in [3.05, 3.63) is 49.2 Å². The quantitative estimate of drug-likeness (QED) is 0.286. The van der Waals surface area contributed by atoms with Gasteiger partial charge in [-0.25, -0.2) is 13.4 Å². The fraction of sp³-hybridized carbons (Fsp3) is 0.531. The summed E-state index contributed by atoms with van der Waals surface area (Å²) in [5.41, 5.74) is -2.28. The lowest BCUT2D eigenvalue weighted by atomic mass is 9.85. The molecule has 4 amide bonds. The number of rotatable bonds is 12. The number of fused-ring (bicyclic) bond motifs is 1. The number of amides is 4. The number of pyridine rings is 1. The Kier molecular flexibility index (Phi) is 9.15. The molecule has 2 heterocycles. The molecule has 2 aliphatic carbocycles. The summed E-state index contributed by atoms with van der Waals surface area (Å²) in [6.07, 6.45) is 3.60. The van der Waals surface area contributed by atoms with Crippen LogP contribution < -0.4 is 20.1 Å².